The minimum Gasteiger partial charge on any atom is -0.493 e. The summed E-state index contributed by atoms with van der Waals surface area (Å²) in [6.07, 6.45) is -2.15. The summed E-state index contributed by atoms with van der Waals surface area (Å²) < 4.78 is 53.6. The second-order valence-electron chi connectivity index (χ2n) is 7.82. The number of aromatic amines is 1. The minimum atomic E-state index is -4.73. The molecule has 0 fully saturated rings. The third-order valence-electron chi connectivity index (χ3n) is 5.37. The molecular formula is C25H24F3N3O4. The van der Waals surface area contributed by atoms with E-state index >= 15 is 0 Å². The normalized spacial score (nSPS) is 11.6. The van der Waals surface area contributed by atoms with Gasteiger partial charge in [-0.1, -0.05) is 0 Å². The number of esters is 1. The maximum Gasteiger partial charge on any atom is 0.573 e. The van der Waals surface area contributed by atoms with Gasteiger partial charge in [-0.15, -0.1) is 13.2 Å². The average molecular weight is 487 g/mol. The van der Waals surface area contributed by atoms with Gasteiger partial charge in [0.25, 0.3) is 0 Å². The van der Waals surface area contributed by atoms with Crippen molar-refractivity contribution in [2.24, 2.45) is 7.05 Å². The average Bonchev–Trinajstić information content (AvgIpc) is 3.36. The fraction of sp³-hybridized carbons (Fsp3) is 0.280. The highest BCUT2D eigenvalue weighted by Crippen LogP contribution is 2.27. The summed E-state index contributed by atoms with van der Waals surface area (Å²) in [4.78, 5) is 14.9. The molecule has 0 bridgehead atoms. The van der Waals surface area contributed by atoms with Crippen LogP contribution in [0.25, 0.3) is 22.2 Å². The highest BCUT2D eigenvalue weighted by Gasteiger charge is 2.31. The number of H-pyrrole nitrogens is 1. The lowest BCUT2D eigenvalue weighted by molar-refractivity contribution is -0.274. The van der Waals surface area contributed by atoms with E-state index in [9.17, 15) is 18.0 Å². The first-order valence-electron chi connectivity index (χ1n) is 11.0. The summed E-state index contributed by atoms with van der Waals surface area (Å²) in [5.41, 5.74) is 3.96. The smallest absolute Gasteiger partial charge is 0.493 e. The van der Waals surface area contributed by atoms with Crippen LogP contribution in [0.15, 0.2) is 54.7 Å². The molecule has 2 aromatic carbocycles. The molecule has 0 saturated heterocycles. The Balaban J connectivity index is 1.36. The van der Waals surface area contributed by atoms with Crippen molar-refractivity contribution < 1.29 is 32.2 Å². The van der Waals surface area contributed by atoms with Gasteiger partial charge in [-0.05, 0) is 55.0 Å². The van der Waals surface area contributed by atoms with Crippen LogP contribution in [0, 0.1) is 0 Å². The molecule has 0 aliphatic rings. The van der Waals surface area contributed by atoms with Crippen LogP contribution in [-0.4, -0.2) is 40.3 Å². The quantitative estimate of drug-likeness (QED) is 0.329. The first-order valence-corrected chi connectivity index (χ1v) is 11.0. The maximum atomic E-state index is 12.3. The Morgan fingerprint density at radius 2 is 1.83 bits per heavy atom. The van der Waals surface area contributed by atoms with E-state index in [1.807, 2.05) is 24.3 Å². The van der Waals surface area contributed by atoms with Crippen LogP contribution >= 0.6 is 0 Å². The van der Waals surface area contributed by atoms with Gasteiger partial charge < -0.3 is 19.2 Å². The van der Waals surface area contributed by atoms with Gasteiger partial charge in [-0.3, -0.25) is 9.48 Å². The number of rotatable bonds is 9. The van der Waals surface area contributed by atoms with Gasteiger partial charge in [0.2, 0.25) is 0 Å². The fourth-order valence-electron chi connectivity index (χ4n) is 3.75. The number of nitrogens with zero attached hydrogens (tertiary/aromatic N) is 2. The largest absolute Gasteiger partial charge is 0.573 e. The number of ether oxygens (including phenoxy) is 3. The molecule has 184 valence electrons. The van der Waals surface area contributed by atoms with Gasteiger partial charge in [-0.25, -0.2) is 0 Å². The van der Waals surface area contributed by atoms with Crippen molar-refractivity contribution in [3.05, 3.63) is 66.0 Å². The molecule has 35 heavy (non-hydrogen) atoms. The maximum absolute atomic E-state index is 12.3. The number of halogens is 3. The van der Waals surface area contributed by atoms with Crippen LogP contribution < -0.4 is 9.47 Å². The number of aromatic nitrogens is 3. The summed E-state index contributed by atoms with van der Waals surface area (Å²) in [5.74, 6) is 0.136. The van der Waals surface area contributed by atoms with Crippen LogP contribution in [0.2, 0.25) is 0 Å². The molecule has 2 aromatic heterocycles. The van der Waals surface area contributed by atoms with E-state index in [4.69, 9.17) is 9.47 Å². The van der Waals surface area contributed by atoms with Crippen molar-refractivity contribution in [1.82, 2.24) is 14.8 Å². The SMILES string of the molecule is CCOC(=O)Cc1c[nH]c2cc(OCCc3cc(-c4ccc(OC(F)(F)F)cc4)nn3C)ccc12. The molecule has 10 heteroatoms. The Morgan fingerprint density at radius 3 is 2.54 bits per heavy atom. The highest BCUT2D eigenvalue weighted by atomic mass is 19.4. The van der Waals surface area contributed by atoms with Crippen LogP contribution in [-0.2, 0) is 29.4 Å². The number of fused-ring (bicyclic) bond motifs is 1. The van der Waals surface area contributed by atoms with Crippen molar-refractivity contribution in [2.45, 2.75) is 26.1 Å². The van der Waals surface area contributed by atoms with Crippen LogP contribution in [0.1, 0.15) is 18.2 Å². The second kappa shape index (κ2) is 10.1. The molecule has 1 N–H and O–H groups in total. The van der Waals surface area contributed by atoms with Crippen molar-refractivity contribution in [2.75, 3.05) is 13.2 Å². The zero-order chi connectivity index (χ0) is 25.0. The molecule has 0 unspecified atom stereocenters. The Morgan fingerprint density at radius 1 is 1.09 bits per heavy atom. The number of carbonyl (C=O) groups excluding carboxylic acids is 1. The molecular weight excluding hydrogens is 463 g/mol. The number of alkyl halides is 3. The predicted octanol–water partition coefficient (Wildman–Crippen LogP) is 5.19. The minimum absolute atomic E-state index is 0.203. The van der Waals surface area contributed by atoms with Crippen LogP contribution in [0.4, 0.5) is 13.2 Å². The summed E-state index contributed by atoms with van der Waals surface area (Å²) >= 11 is 0. The van der Waals surface area contributed by atoms with Gasteiger partial charge in [0.05, 0.1) is 25.3 Å². The lowest BCUT2D eigenvalue weighted by Gasteiger charge is -2.08. The van der Waals surface area contributed by atoms with Crippen molar-refractivity contribution >= 4 is 16.9 Å². The number of aryl methyl sites for hydroxylation is 1. The molecule has 0 radical (unpaired) electrons. The summed E-state index contributed by atoms with van der Waals surface area (Å²) in [6, 6.07) is 13.1. The number of carbonyl (C=O) groups is 1. The Bertz CT molecular complexity index is 1310. The fourth-order valence-corrected chi connectivity index (χ4v) is 3.75. The molecule has 0 spiro atoms. The molecule has 7 nitrogen and oxygen atoms in total. The molecule has 0 amide bonds. The lowest BCUT2D eigenvalue weighted by atomic mass is 10.1. The molecule has 0 aliphatic carbocycles. The molecule has 0 saturated carbocycles. The Labute approximate surface area is 199 Å². The summed E-state index contributed by atoms with van der Waals surface area (Å²) in [7, 11) is 1.80. The van der Waals surface area contributed by atoms with E-state index in [0.29, 0.717) is 36.6 Å². The summed E-state index contributed by atoms with van der Waals surface area (Å²) in [5, 5.41) is 5.38. The van der Waals surface area contributed by atoms with E-state index in [-0.39, 0.29) is 18.1 Å². The molecule has 4 rings (SSSR count). The van der Waals surface area contributed by atoms with E-state index in [0.717, 1.165) is 22.2 Å². The molecule has 4 aromatic rings. The first-order chi connectivity index (χ1) is 16.7. The van der Waals surface area contributed by atoms with Gasteiger partial charge in [-0.2, -0.15) is 5.10 Å². The van der Waals surface area contributed by atoms with E-state index < -0.39 is 6.36 Å². The molecule has 2 heterocycles. The zero-order valence-electron chi connectivity index (χ0n) is 19.2. The van der Waals surface area contributed by atoms with Crippen LogP contribution in [0.5, 0.6) is 11.5 Å². The number of hydrogen-bond acceptors (Lipinski definition) is 5. The second-order valence-corrected chi connectivity index (χ2v) is 7.82. The van der Waals surface area contributed by atoms with Gasteiger partial charge >= 0.3 is 12.3 Å². The first kappa shape index (κ1) is 24.2. The predicted molar refractivity (Wildman–Crippen MR) is 123 cm³/mol. The van der Waals surface area contributed by atoms with Gasteiger partial charge in [0.15, 0.2) is 0 Å². The Kier molecular flexibility index (Phi) is 6.99. The molecule has 0 atom stereocenters. The lowest BCUT2D eigenvalue weighted by Crippen LogP contribution is -2.16. The topological polar surface area (TPSA) is 78.4 Å². The number of hydrogen-bond donors (Lipinski definition) is 1. The van der Waals surface area contributed by atoms with E-state index in [1.165, 1.54) is 24.3 Å². The van der Waals surface area contributed by atoms with Crippen LogP contribution in [0.3, 0.4) is 0 Å². The monoisotopic (exact) mass is 487 g/mol. The highest BCUT2D eigenvalue weighted by molar-refractivity contribution is 5.88. The third kappa shape index (κ3) is 6.14. The van der Waals surface area contributed by atoms with Crippen molar-refractivity contribution in [1.29, 1.82) is 0 Å². The van der Waals surface area contributed by atoms with Crippen molar-refractivity contribution in [3.63, 3.8) is 0 Å². The van der Waals surface area contributed by atoms with Gasteiger partial charge in [0.1, 0.15) is 11.5 Å². The zero-order valence-corrected chi connectivity index (χ0v) is 19.2. The Hall–Kier alpha value is -3.95. The standard InChI is InChI=1S/C25H24F3N3O4/c1-3-33-24(32)12-17-15-29-23-14-20(8-9-21(17)23)34-11-10-18-13-22(30-31(18)2)16-4-6-19(7-5-16)35-25(26,27)28/h4-9,13-15,29H,3,10-12H2,1-2H3. The molecule has 0 aliphatic heterocycles. The third-order valence-corrected chi connectivity index (χ3v) is 5.37. The van der Waals surface area contributed by atoms with Gasteiger partial charge in [0, 0.05) is 47.9 Å². The van der Waals surface area contributed by atoms with E-state index in [2.05, 4.69) is 14.8 Å². The van der Waals surface area contributed by atoms with Crippen molar-refractivity contribution in [3.8, 4) is 22.8 Å². The summed E-state index contributed by atoms with van der Waals surface area (Å²) in [6.45, 7) is 2.52. The number of benzene rings is 2. The number of nitrogens with one attached hydrogen (secondary N) is 1. The van der Waals surface area contributed by atoms with E-state index in [1.54, 1.807) is 24.9 Å².